The molecule has 6 heterocycles. The van der Waals surface area contributed by atoms with Crippen molar-refractivity contribution in [2.45, 2.75) is 88.9 Å². The molecule has 5 aromatic carbocycles. The second-order valence-corrected chi connectivity index (χ2v) is 20.8. The highest BCUT2D eigenvalue weighted by atomic mass is 19.4. The van der Waals surface area contributed by atoms with Gasteiger partial charge >= 0.3 is 12.4 Å². The van der Waals surface area contributed by atoms with E-state index in [9.17, 15) is 45.1 Å². The highest BCUT2D eigenvalue weighted by Crippen LogP contribution is 2.44. The summed E-state index contributed by atoms with van der Waals surface area (Å²) in [5, 5.41) is 0. The molecule has 3 atom stereocenters. The molecule has 82 heavy (non-hydrogen) atoms. The average Bonchev–Trinajstić information content (AvgIpc) is 4.29. The monoisotopic (exact) mass is 1120 g/mol. The Kier molecular flexibility index (Phi) is 13.9. The number of aromatic nitrogens is 4. The van der Waals surface area contributed by atoms with Gasteiger partial charge in [0.25, 0.3) is 23.6 Å². The molecule has 2 aromatic heterocycles. The molecule has 11 rings (SSSR count). The fraction of sp³-hybridized carbons (Fsp3) is 0.254. The van der Waals surface area contributed by atoms with Crippen molar-refractivity contribution in [2.75, 3.05) is 0 Å². The Morgan fingerprint density at radius 3 is 1.66 bits per heavy atom. The van der Waals surface area contributed by atoms with Gasteiger partial charge in [0, 0.05) is 36.6 Å². The second kappa shape index (κ2) is 20.9. The maximum atomic E-state index is 15.1. The van der Waals surface area contributed by atoms with Crippen LogP contribution >= 0.6 is 0 Å². The maximum Gasteiger partial charge on any atom is 0.417 e. The minimum absolute atomic E-state index is 0.00120. The van der Waals surface area contributed by atoms with Crippen LogP contribution < -0.4 is 11.5 Å². The first-order valence-corrected chi connectivity index (χ1v) is 25.9. The maximum absolute atomic E-state index is 15.1. The molecule has 0 spiro atoms. The third-order valence-electron chi connectivity index (χ3n) is 15.4. The van der Waals surface area contributed by atoms with Gasteiger partial charge in [-0.15, -0.1) is 0 Å². The number of benzene rings is 5. The van der Waals surface area contributed by atoms with Crippen molar-refractivity contribution >= 4 is 35.5 Å². The molecule has 0 bridgehead atoms. The summed E-state index contributed by atoms with van der Waals surface area (Å²) in [6, 6.07) is 27.1. The summed E-state index contributed by atoms with van der Waals surface area (Å²) in [4.78, 5) is 88.2. The molecule has 0 saturated carbocycles. The van der Waals surface area contributed by atoms with E-state index >= 15 is 4.79 Å². The molecule has 23 heteroatoms. The standard InChI is InChI=1S/C59H49F7N12O4/c1-34(18-19-56(40-12-14-43(60)15-13-40)52(81)77(54(67)73-56)26-36-10-16-46(58(61,62)63)44(22-36)50(79)75-28-38-24-69-32-71-48(38)30-75)20-35-6-5-9-42(21-35)57(41-7-3-2-4-8-41)53(82)78(55(68)74-57)27-37-11-17-47(59(64,65)66)45(23-37)51(80)76-29-39-25-70-33-72-49(39)31-76/h2-17,21-25,32-34H,18-20,26-31H2,1H3,(H2,67,73)(H2,68,74). The minimum Gasteiger partial charge on any atom is -0.369 e. The van der Waals surface area contributed by atoms with E-state index in [1.54, 1.807) is 42.5 Å². The first kappa shape index (κ1) is 54.5. The van der Waals surface area contributed by atoms with E-state index in [0.29, 0.717) is 52.0 Å². The van der Waals surface area contributed by atoms with Gasteiger partial charge in [-0.05, 0) is 95.0 Å². The van der Waals surface area contributed by atoms with Crippen molar-refractivity contribution in [2.24, 2.45) is 27.4 Å². The lowest BCUT2D eigenvalue weighted by Crippen LogP contribution is -2.43. The third-order valence-corrected chi connectivity index (χ3v) is 15.4. The van der Waals surface area contributed by atoms with Crippen LogP contribution in [0.1, 0.15) is 108 Å². The highest BCUT2D eigenvalue weighted by molar-refractivity contribution is 6.09. The first-order chi connectivity index (χ1) is 39.1. The number of alkyl halides is 6. The summed E-state index contributed by atoms with van der Waals surface area (Å²) in [6.45, 7) is 1.21. The molecule has 4 aliphatic heterocycles. The summed E-state index contributed by atoms with van der Waals surface area (Å²) >= 11 is 0. The summed E-state index contributed by atoms with van der Waals surface area (Å²) in [6.07, 6.45) is -3.45. The summed E-state index contributed by atoms with van der Waals surface area (Å²) in [5.74, 6) is -4.25. The number of nitrogens with zero attached hydrogens (tertiary/aromatic N) is 10. The van der Waals surface area contributed by atoms with Crippen LogP contribution in [0.15, 0.2) is 150 Å². The lowest BCUT2D eigenvalue weighted by molar-refractivity contribution is -0.138. The molecule has 4 amide bonds. The van der Waals surface area contributed by atoms with E-state index in [2.05, 4.69) is 19.9 Å². The van der Waals surface area contributed by atoms with Gasteiger partial charge in [0.1, 0.15) is 18.5 Å². The van der Waals surface area contributed by atoms with Crippen LogP contribution in [-0.4, -0.2) is 75.1 Å². The van der Waals surface area contributed by atoms with Crippen LogP contribution in [-0.2, 0) is 78.7 Å². The molecule has 3 unspecified atom stereocenters. The van der Waals surface area contributed by atoms with Crippen molar-refractivity contribution in [3.05, 3.63) is 224 Å². The van der Waals surface area contributed by atoms with Crippen LogP contribution in [0.5, 0.6) is 0 Å². The van der Waals surface area contributed by atoms with Crippen molar-refractivity contribution in [3.63, 3.8) is 0 Å². The van der Waals surface area contributed by atoms with E-state index in [-0.39, 0.29) is 74.7 Å². The van der Waals surface area contributed by atoms with E-state index in [0.717, 1.165) is 34.7 Å². The summed E-state index contributed by atoms with van der Waals surface area (Å²) < 4.78 is 101. The molecule has 0 radical (unpaired) electrons. The van der Waals surface area contributed by atoms with E-state index in [1.807, 2.05) is 19.1 Å². The number of carbonyl (C=O) groups is 4. The predicted molar refractivity (Wildman–Crippen MR) is 282 cm³/mol. The van der Waals surface area contributed by atoms with Crippen molar-refractivity contribution < 1.29 is 49.9 Å². The Bertz CT molecular complexity index is 3720. The van der Waals surface area contributed by atoms with Gasteiger partial charge in [-0.3, -0.25) is 29.0 Å². The molecule has 0 aliphatic carbocycles. The van der Waals surface area contributed by atoms with Gasteiger partial charge < -0.3 is 21.3 Å². The highest BCUT2D eigenvalue weighted by Gasteiger charge is 2.52. The number of aliphatic imine (C=N–C) groups is 2. The number of amides is 4. The van der Waals surface area contributed by atoms with E-state index < -0.39 is 75.1 Å². The van der Waals surface area contributed by atoms with Crippen LogP contribution in [0.4, 0.5) is 30.7 Å². The topological polar surface area (TPSA) is 210 Å². The minimum atomic E-state index is -4.90. The lowest BCUT2D eigenvalue weighted by Gasteiger charge is -2.29. The Balaban J connectivity index is 0.831. The van der Waals surface area contributed by atoms with E-state index in [4.69, 9.17) is 21.5 Å². The zero-order chi connectivity index (χ0) is 57.9. The average molecular weight is 1120 g/mol. The van der Waals surface area contributed by atoms with Gasteiger partial charge in [-0.1, -0.05) is 85.8 Å². The van der Waals surface area contributed by atoms with Crippen molar-refractivity contribution in [1.29, 1.82) is 0 Å². The first-order valence-electron chi connectivity index (χ1n) is 25.9. The molecule has 418 valence electrons. The molecule has 0 fully saturated rings. The largest absolute Gasteiger partial charge is 0.417 e. The van der Waals surface area contributed by atoms with Crippen molar-refractivity contribution in [3.8, 4) is 0 Å². The Labute approximate surface area is 464 Å². The summed E-state index contributed by atoms with van der Waals surface area (Å²) in [7, 11) is 0. The number of fused-ring (bicyclic) bond motifs is 2. The number of hydrogen-bond donors (Lipinski definition) is 2. The quantitative estimate of drug-likeness (QED) is 0.0991. The van der Waals surface area contributed by atoms with Crippen LogP contribution in [0.2, 0.25) is 0 Å². The fourth-order valence-corrected chi connectivity index (χ4v) is 11.3. The molecular weight excluding hydrogens is 1070 g/mol. The summed E-state index contributed by atoms with van der Waals surface area (Å²) in [5.41, 5.74) is 10.7. The van der Waals surface area contributed by atoms with Crippen LogP contribution in [0, 0.1) is 11.7 Å². The number of rotatable bonds is 14. The number of guanidine groups is 2. The zero-order valence-electron chi connectivity index (χ0n) is 43.6. The molecule has 16 nitrogen and oxygen atoms in total. The van der Waals surface area contributed by atoms with Crippen LogP contribution in [0.25, 0.3) is 0 Å². The van der Waals surface area contributed by atoms with Gasteiger partial charge in [-0.2, -0.15) is 26.3 Å². The molecule has 0 saturated heterocycles. The van der Waals surface area contributed by atoms with Crippen LogP contribution in [0.3, 0.4) is 0 Å². The number of halogens is 7. The Morgan fingerprint density at radius 1 is 0.598 bits per heavy atom. The van der Waals surface area contributed by atoms with Gasteiger partial charge in [-0.25, -0.2) is 34.3 Å². The predicted octanol–water partition coefficient (Wildman–Crippen LogP) is 8.57. The van der Waals surface area contributed by atoms with Crippen molar-refractivity contribution in [1.82, 2.24) is 39.5 Å². The van der Waals surface area contributed by atoms with Gasteiger partial charge in [0.15, 0.2) is 23.0 Å². The Hall–Kier alpha value is -9.41. The number of carbonyl (C=O) groups excluding carboxylic acids is 4. The number of nitrogens with two attached hydrogens (primary N) is 2. The molecule has 4 aliphatic rings. The normalized spacial score (nSPS) is 19.1. The second-order valence-electron chi connectivity index (χ2n) is 20.8. The SMILES string of the molecule is CC(CCC1(c2ccc(F)cc2)N=C(N)N(Cc2ccc(C(F)(F)F)c(C(=O)N3Cc4cncnc4C3)c2)C1=O)Cc1cccc(C2(c3ccccc3)N=C(N)N(Cc3ccc(C(F)(F)F)c(C(=O)N4Cc5cncnc5C4)c3)C2=O)c1. The fourth-order valence-electron chi connectivity index (χ4n) is 11.3. The molecular formula is C59H49F7N12O4. The molecule has 7 aromatic rings. The Morgan fingerprint density at radius 2 is 1.12 bits per heavy atom. The third kappa shape index (κ3) is 10.0. The zero-order valence-corrected chi connectivity index (χ0v) is 43.6. The van der Waals surface area contributed by atoms with Gasteiger partial charge in [0.2, 0.25) is 0 Å². The molecule has 4 N–H and O–H groups in total. The van der Waals surface area contributed by atoms with E-state index in [1.165, 1.54) is 76.1 Å². The van der Waals surface area contributed by atoms with Gasteiger partial charge in [0.05, 0.1) is 59.8 Å². The lowest BCUT2D eigenvalue weighted by atomic mass is 9.80. The smallest absolute Gasteiger partial charge is 0.369 e. The number of hydrogen-bond acceptors (Lipinski definition) is 12.